The summed E-state index contributed by atoms with van der Waals surface area (Å²) in [5.74, 6) is 0. The number of carbonyl (C=O) groups is 1. The molecule has 0 fully saturated rings. The third-order valence-corrected chi connectivity index (χ3v) is 10.7. The van der Waals surface area contributed by atoms with Gasteiger partial charge in [-0.25, -0.2) is 0 Å². The van der Waals surface area contributed by atoms with Crippen molar-refractivity contribution in [2.75, 3.05) is 0 Å². The third-order valence-electron chi connectivity index (χ3n) is 2.24. The second-order valence-electron chi connectivity index (χ2n) is 4.25. The van der Waals surface area contributed by atoms with E-state index in [1.165, 1.54) is 12.8 Å². The van der Waals surface area contributed by atoms with E-state index in [0.29, 0.717) is 0 Å². The molecule has 0 radical (unpaired) electrons. The van der Waals surface area contributed by atoms with Gasteiger partial charge in [0.2, 0.25) is 0 Å². The van der Waals surface area contributed by atoms with E-state index in [2.05, 4.69) is 21.7 Å². The van der Waals surface area contributed by atoms with Crippen molar-refractivity contribution >= 4 is 24.7 Å². The fourth-order valence-electron chi connectivity index (χ4n) is 1.37. The number of hydrogen-bond donors (Lipinski definition) is 0. The molecule has 0 aromatic heterocycles. The molecule has 2 heteroatoms. The standard InChI is InChI=1S/C6H11O.3CH3.Sn/c1-2-3-4-5-6-7;;;;/h4,6H,2-3,5H2,1H3;3*1H3;. The van der Waals surface area contributed by atoms with E-state index in [1.807, 2.05) is 0 Å². The van der Waals surface area contributed by atoms with Crippen LogP contribution < -0.4 is 0 Å². The molecule has 0 spiro atoms. The molecule has 0 saturated carbocycles. The second-order valence-corrected chi connectivity index (χ2v) is 20.1. The van der Waals surface area contributed by atoms with Gasteiger partial charge in [0.05, 0.1) is 0 Å². The van der Waals surface area contributed by atoms with Crippen LogP contribution >= 0.6 is 0 Å². The summed E-state index contributed by atoms with van der Waals surface area (Å²) < 4.78 is 0.770. The monoisotopic (exact) mass is 264 g/mol. The summed E-state index contributed by atoms with van der Waals surface area (Å²) in [6.07, 6.45) is 4.40. The molecule has 0 bridgehead atoms. The van der Waals surface area contributed by atoms with Crippen molar-refractivity contribution in [3.63, 3.8) is 0 Å². The number of aldehydes is 1. The van der Waals surface area contributed by atoms with Crippen molar-refractivity contribution in [1.29, 1.82) is 0 Å². The zero-order valence-corrected chi connectivity index (χ0v) is 11.0. The Morgan fingerprint density at radius 3 is 2.18 bits per heavy atom. The fraction of sp³-hybridized carbons (Fsp3) is 0.889. The molecule has 0 aromatic rings. The molecule has 0 N–H and O–H groups in total. The first-order valence-electron chi connectivity index (χ1n) is 4.46. The normalized spacial score (nSPS) is 14.5. The maximum atomic E-state index is 10.4. The molecule has 0 amide bonds. The summed E-state index contributed by atoms with van der Waals surface area (Å²) in [7, 11) is 0. The van der Waals surface area contributed by atoms with Crippen molar-refractivity contribution in [3.05, 3.63) is 0 Å². The summed E-state index contributed by atoms with van der Waals surface area (Å²) in [4.78, 5) is 17.6. The molecular formula is C9H20OSn. The van der Waals surface area contributed by atoms with Gasteiger partial charge in [-0.2, -0.15) is 0 Å². The first-order valence-corrected chi connectivity index (χ1v) is 14.7. The Morgan fingerprint density at radius 1 is 1.36 bits per heavy atom. The van der Waals surface area contributed by atoms with Gasteiger partial charge in [0.25, 0.3) is 0 Å². The molecule has 0 aromatic carbocycles. The third kappa shape index (κ3) is 4.83. The zero-order chi connectivity index (χ0) is 8.91. The van der Waals surface area contributed by atoms with Gasteiger partial charge in [-0.1, -0.05) is 0 Å². The Bertz CT molecular complexity index is 115. The van der Waals surface area contributed by atoms with Crippen molar-refractivity contribution in [2.45, 2.75) is 44.9 Å². The van der Waals surface area contributed by atoms with Crippen LogP contribution in [0.2, 0.25) is 18.8 Å². The van der Waals surface area contributed by atoms with Gasteiger partial charge in [-0.15, -0.1) is 0 Å². The number of hydrogen-bond acceptors (Lipinski definition) is 1. The quantitative estimate of drug-likeness (QED) is 0.550. The molecule has 1 atom stereocenters. The van der Waals surface area contributed by atoms with E-state index in [9.17, 15) is 4.79 Å². The molecule has 0 aliphatic heterocycles. The molecule has 0 heterocycles. The Morgan fingerprint density at radius 2 is 1.91 bits per heavy atom. The first kappa shape index (κ1) is 11.5. The van der Waals surface area contributed by atoms with Crippen LogP contribution in [0, 0.1) is 0 Å². The topological polar surface area (TPSA) is 17.1 Å². The zero-order valence-electron chi connectivity index (χ0n) is 8.18. The van der Waals surface area contributed by atoms with Gasteiger partial charge in [0.15, 0.2) is 0 Å². The van der Waals surface area contributed by atoms with Crippen LogP contribution in [-0.4, -0.2) is 24.7 Å². The molecule has 66 valence electrons. The molecular weight excluding hydrogens is 243 g/mol. The number of rotatable bonds is 5. The Kier molecular flexibility index (Phi) is 5.39. The maximum absolute atomic E-state index is 10.4. The molecule has 1 nitrogen and oxygen atoms in total. The van der Waals surface area contributed by atoms with Crippen LogP contribution in [-0.2, 0) is 4.79 Å². The summed E-state index contributed by atoms with van der Waals surface area (Å²) >= 11 is -1.75. The summed E-state index contributed by atoms with van der Waals surface area (Å²) in [6.45, 7) is 2.20. The van der Waals surface area contributed by atoms with E-state index < -0.39 is 18.4 Å². The van der Waals surface area contributed by atoms with Gasteiger partial charge in [-0.05, 0) is 0 Å². The SMILES string of the molecule is CCC[CH](CC=O)[Sn]([CH3])([CH3])[CH3]. The predicted octanol–water partition coefficient (Wildman–Crippen LogP) is 3.08. The molecule has 11 heavy (non-hydrogen) atoms. The Hall–Kier alpha value is 0.469. The Labute approximate surface area is 74.4 Å². The minimum atomic E-state index is -1.75. The Balaban J connectivity index is 3.97. The van der Waals surface area contributed by atoms with Crippen molar-refractivity contribution in [3.8, 4) is 0 Å². The first-order chi connectivity index (χ1) is 5.02. The molecule has 0 rings (SSSR count). The molecule has 0 aliphatic rings. The number of carbonyl (C=O) groups excluding carboxylic acids is 1. The van der Waals surface area contributed by atoms with E-state index in [0.717, 1.165) is 16.6 Å². The van der Waals surface area contributed by atoms with Gasteiger partial charge in [-0.3, -0.25) is 0 Å². The van der Waals surface area contributed by atoms with E-state index in [4.69, 9.17) is 0 Å². The molecule has 1 unspecified atom stereocenters. The van der Waals surface area contributed by atoms with Crippen molar-refractivity contribution in [2.24, 2.45) is 0 Å². The van der Waals surface area contributed by atoms with Crippen LogP contribution in [0.4, 0.5) is 0 Å². The van der Waals surface area contributed by atoms with Gasteiger partial charge < -0.3 is 0 Å². The molecule has 0 aliphatic carbocycles. The van der Waals surface area contributed by atoms with Gasteiger partial charge in [0, 0.05) is 0 Å². The molecule has 0 saturated heterocycles. The second kappa shape index (κ2) is 5.17. The fourth-order valence-corrected chi connectivity index (χ4v) is 6.96. The van der Waals surface area contributed by atoms with E-state index in [1.54, 1.807) is 0 Å². The van der Waals surface area contributed by atoms with Crippen LogP contribution in [0.3, 0.4) is 0 Å². The van der Waals surface area contributed by atoms with Crippen LogP contribution in [0.5, 0.6) is 0 Å². The van der Waals surface area contributed by atoms with Crippen molar-refractivity contribution < 1.29 is 4.79 Å². The van der Waals surface area contributed by atoms with Gasteiger partial charge >= 0.3 is 74.4 Å². The van der Waals surface area contributed by atoms with E-state index >= 15 is 0 Å². The average Bonchev–Trinajstić information content (AvgIpc) is 1.85. The summed E-state index contributed by atoms with van der Waals surface area (Å²) in [5, 5.41) is 0. The van der Waals surface area contributed by atoms with Crippen molar-refractivity contribution in [1.82, 2.24) is 0 Å². The van der Waals surface area contributed by atoms with E-state index in [-0.39, 0.29) is 0 Å². The van der Waals surface area contributed by atoms with Crippen LogP contribution in [0.1, 0.15) is 26.2 Å². The summed E-state index contributed by atoms with van der Waals surface area (Å²) in [6, 6.07) is 0. The minimum absolute atomic E-state index is 0.770. The average molecular weight is 263 g/mol. The van der Waals surface area contributed by atoms with Crippen LogP contribution in [0.15, 0.2) is 0 Å². The van der Waals surface area contributed by atoms with Gasteiger partial charge in [0.1, 0.15) is 0 Å². The predicted molar refractivity (Wildman–Crippen MR) is 52.7 cm³/mol. The van der Waals surface area contributed by atoms with Crippen LogP contribution in [0.25, 0.3) is 0 Å². The summed E-state index contributed by atoms with van der Waals surface area (Å²) in [5.41, 5.74) is 0.